The van der Waals surface area contributed by atoms with Crippen molar-refractivity contribution in [3.05, 3.63) is 23.8 Å². The van der Waals surface area contributed by atoms with Crippen molar-refractivity contribution in [3.63, 3.8) is 0 Å². The molecule has 0 saturated heterocycles. The van der Waals surface area contributed by atoms with Gasteiger partial charge in [-0.05, 0) is 17.7 Å². The number of ether oxygens (including phenoxy) is 2. The highest BCUT2D eigenvalue weighted by Gasteiger charge is 2.06. The summed E-state index contributed by atoms with van der Waals surface area (Å²) in [5.41, 5.74) is 1.04. The van der Waals surface area contributed by atoms with Crippen molar-refractivity contribution in [2.45, 2.75) is 5.33 Å². The summed E-state index contributed by atoms with van der Waals surface area (Å²) in [6, 6.07) is 5.33. The molecule has 1 N–H and O–H groups in total. The minimum Gasteiger partial charge on any atom is -0.493 e. The van der Waals surface area contributed by atoms with Gasteiger partial charge in [0.15, 0.2) is 18.1 Å². The van der Waals surface area contributed by atoms with Gasteiger partial charge in [0.2, 0.25) is 0 Å². The minimum absolute atomic E-state index is 0.371. The number of hydrogen-bond acceptors (Lipinski definition) is 3. The molecule has 0 aliphatic heterocycles. The van der Waals surface area contributed by atoms with Gasteiger partial charge in [-0.25, -0.2) is 4.79 Å². The van der Waals surface area contributed by atoms with Crippen molar-refractivity contribution >= 4 is 21.9 Å². The first-order valence-corrected chi connectivity index (χ1v) is 5.37. The second-order valence-electron chi connectivity index (χ2n) is 2.80. The number of halogens is 1. The molecule has 0 atom stereocenters. The normalized spacial score (nSPS) is 9.73. The summed E-state index contributed by atoms with van der Waals surface area (Å²) in [5, 5.41) is 9.18. The zero-order valence-corrected chi connectivity index (χ0v) is 9.78. The first-order valence-electron chi connectivity index (χ1n) is 4.25. The number of rotatable bonds is 5. The fourth-order valence-corrected chi connectivity index (χ4v) is 1.40. The van der Waals surface area contributed by atoms with E-state index in [1.807, 2.05) is 6.07 Å². The second kappa shape index (κ2) is 5.60. The molecule has 0 aliphatic rings. The summed E-state index contributed by atoms with van der Waals surface area (Å²) in [4.78, 5) is 10.3. The van der Waals surface area contributed by atoms with Crippen LogP contribution in [0.2, 0.25) is 0 Å². The van der Waals surface area contributed by atoms with E-state index >= 15 is 0 Å². The first kappa shape index (κ1) is 11.8. The van der Waals surface area contributed by atoms with E-state index in [2.05, 4.69) is 15.9 Å². The summed E-state index contributed by atoms with van der Waals surface area (Å²) in [6.07, 6.45) is 0. The van der Waals surface area contributed by atoms with Gasteiger partial charge in [0, 0.05) is 5.33 Å². The summed E-state index contributed by atoms with van der Waals surface area (Å²) in [7, 11) is 1.51. The third-order valence-corrected chi connectivity index (χ3v) is 2.38. The average Bonchev–Trinajstić information content (AvgIpc) is 2.25. The van der Waals surface area contributed by atoms with E-state index in [1.165, 1.54) is 7.11 Å². The van der Waals surface area contributed by atoms with Crippen LogP contribution in [-0.2, 0) is 10.1 Å². The molecular weight excluding hydrogens is 264 g/mol. The number of carboxylic acid groups (broad SMARTS) is 1. The molecule has 1 rings (SSSR count). The Morgan fingerprint density at radius 1 is 1.47 bits per heavy atom. The van der Waals surface area contributed by atoms with Gasteiger partial charge in [-0.3, -0.25) is 0 Å². The minimum atomic E-state index is -1.01. The number of benzene rings is 1. The molecule has 1 aromatic rings. The number of carbonyl (C=O) groups is 1. The standard InChI is InChI=1S/C10H11BrO4/c1-14-9-4-7(5-11)2-3-8(9)15-6-10(12)13/h2-4H,5-6H2,1H3,(H,12,13). The maximum atomic E-state index is 10.3. The van der Waals surface area contributed by atoms with E-state index in [4.69, 9.17) is 14.6 Å². The molecule has 0 heterocycles. The molecule has 4 nitrogen and oxygen atoms in total. The van der Waals surface area contributed by atoms with Crippen molar-refractivity contribution in [2.75, 3.05) is 13.7 Å². The molecule has 15 heavy (non-hydrogen) atoms. The molecule has 0 aliphatic carbocycles. The lowest BCUT2D eigenvalue weighted by Gasteiger charge is -2.09. The largest absolute Gasteiger partial charge is 0.493 e. The van der Waals surface area contributed by atoms with Gasteiger partial charge in [-0.15, -0.1) is 0 Å². The number of carboxylic acids is 1. The lowest BCUT2D eigenvalue weighted by Crippen LogP contribution is -2.10. The summed E-state index contributed by atoms with van der Waals surface area (Å²) in [5.74, 6) is -0.0422. The number of hydrogen-bond donors (Lipinski definition) is 1. The van der Waals surface area contributed by atoms with Crippen LogP contribution < -0.4 is 9.47 Å². The number of methoxy groups -OCH3 is 1. The second-order valence-corrected chi connectivity index (χ2v) is 3.36. The van der Waals surface area contributed by atoms with Crippen LogP contribution in [0.1, 0.15) is 5.56 Å². The molecule has 0 fully saturated rings. The molecule has 82 valence electrons. The molecule has 0 aromatic heterocycles. The van der Waals surface area contributed by atoms with Crippen molar-refractivity contribution in [1.82, 2.24) is 0 Å². The predicted molar refractivity (Wildman–Crippen MR) is 58.8 cm³/mol. The van der Waals surface area contributed by atoms with Crippen LogP contribution >= 0.6 is 15.9 Å². The van der Waals surface area contributed by atoms with E-state index in [1.54, 1.807) is 12.1 Å². The Hall–Kier alpha value is -1.23. The Morgan fingerprint density at radius 2 is 2.20 bits per heavy atom. The summed E-state index contributed by atoms with van der Waals surface area (Å²) >= 11 is 3.32. The maximum Gasteiger partial charge on any atom is 0.341 e. The summed E-state index contributed by atoms with van der Waals surface area (Å²) in [6.45, 7) is -0.371. The molecule has 0 amide bonds. The van der Waals surface area contributed by atoms with Crippen LogP contribution in [0.15, 0.2) is 18.2 Å². The van der Waals surface area contributed by atoms with Crippen LogP contribution in [0.5, 0.6) is 11.5 Å². The monoisotopic (exact) mass is 274 g/mol. The van der Waals surface area contributed by atoms with Crippen LogP contribution in [-0.4, -0.2) is 24.8 Å². The molecular formula is C10H11BrO4. The zero-order valence-electron chi connectivity index (χ0n) is 8.20. The van der Waals surface area contributed by atoms with Crippen LogP contribution in [0, 0.1) is 0 Å². The van der Waals surface area contributed by atoms with Crippen molar-refractivity contribution < 1.29 is 19.4 Å². The van der Waals surface area contributed by atoms with Crippen LogP contribution in [0.4, 0.5) is 0 Å². The van der Waals surface area contributed by atoms with Crippen molar-refractivity contribution in [2.24, 2.45) is 0 Å². The Bertz CT molecular complexity index is 351. The maximum absolute atomic E-state index is 10.3. The molecule has 5 heteroatoms. The lowest BCUT2D eigenvalue weighted by atomic mass is 10.2. The van der Waals surface area contributed by atoms with Gasteiger partial charge in [-0.2, -0.15) is 0 Å². The van der Waals surface area contributed by atoms with E-state index in [-0.39, 0.29) is 6.61 Å². The smallest absolute Gasteiger partial charge is 0.341 e. The molecule has 0 bridgehead atoms. The molecule has 0 saturated carbocycles. The van der Waals surface area contributed by atoms with E-state index in [9.17, 15) is 4.79 Å². The van der Waals surface area contributed by atoms with Crippen LogP contribution in [0.25, 0.3) is 0 Å². The average molecular weight is 275 g/mol. The predicted octanol–water partition coefficient (Wildman–Crippen LogP) is 2.05. The Kier molecular flexibility index (Phi) is 4.42. The molecule has 1 aromatic carbocycles. The lowest BCUT2D eigenvalue weighted by molar-refractivity contribution is -0.139. The third kappa shape index (κ3) is 3.43. The van der Waals surface area contributed by atoms with E-state index in [0.29, 0.717) is 16.8 Å². The van der Waals surface area contributed by atoms with Gasteiger partial charge < -0.3 is 14.6 Å². The summed E-state index contributed by atoms with van der Waals surface area (Å²) < 4.78 is 10.1. The van der Waals surface area contributed by atoms with E-state index in [0.717, 1.165) is 5.56 Å². The quantitative estimate of drug-likeness (QED) is 0.835. The van der Waals surface area contributed by atoms with Crippen LogP contribution in [0.3, 0.4) is 0 Å². The highest BCUT2D eigenvalue weighted by Crippen LogP contribution is 2.28. The van der Waals surface area contributed by atoms with Gasteiger partial charge in [0.1, 0.15) is 0 Å². The van der Waals surface area contributed by atoms with Crippen molar-refractivity contribution in [3.8, 4) is 11.5 Å². The van der Waals surface area contributed by atoms with E-state index < -0.39 is 5.97 Å². The fourth-order valence-electron chi connectivity index (χ4n) is 1.05. The van der Waals surface area contributed by atoms with Gasteiger partial charge in [0.25, 0.3) is 0 Å². The Balaban J connectivity index is 2.82. The SMILES string of the molecule is COc1cc(CBr)ccc1OCC(=O)O. The highest BCUT2D eigenvalue weighted by atomic mass is 79.9. The fraction of sp³-hybridized carbons (Fsp3) is 0.300. The number of alkyl halides is 1. The molecule has 0 unspecified atom stereocenters. The first-order chi connectivity index (χ1) is 7.17. The zero-order chi connectivity index (χ0) is 11.3. The van der Waals surface area contributed by atoms with Gasteiger partial charge in [-0.1, -0.05) is 22.0 Å². The Labute approximate surface area is 95.9 Å². The highest BCUT2D eigenvalue weighted by molar-refractivity contribution is 9.08. The third-order valence-electron chi connectivity index (χ3n) is 1.73. The van der Waals surface area contributed by atoms with Crippen molar-refractivity contribution in [1.29, 1.82) is 0 Å². The molecule has 0 radical (unpaired) electrons. The topological polar surface area (TPSA) is 55.8 Å². The van der Waals surface area contributed by atoms with Gasteiger partial charge in [0.05, 0.1) is 7.11 Å². The Morgan fingerprint density at radius 3 is 2.73 bits per heavy atom. The number of aliphatic carboxylic acids is 1. The molecule has 0 spiro atoms. The van der Waals surface area contributed by atoms with Gasteiger partial charge >= 0.3 is 5.97 Å².